The molecule has 0 spiro atoms. The third-order valence-electron chi connectivity index (χ3n) is 2.87. The van der Waals surface area contributed by atoms with E-state index in [2.05, 4.69) is 17.1 Å². The molecule has 1 saturated heterocycles. The number of benzene rings is 1. The molecule has 1 aromatic rings. The van der Waals surface area contributed by atoms with Crippen molar-refractivity contribution < 1.29 is 4.39 Å². The highest BCUT2D eigenvalue weighted by Gasteiger charge is 2.17. The summed E-state index contributed by atoms with van der Waals surface area (Å²) in [4.78, 5) is 2.32. The molecule has 1 N–H and O–H groups in total. The zero-order valence-corrected chi connectivity index (χ0v) is 9.26. The van der Waals surface area contributed by atoms with Crippen molar-refractivity contribution in [3.05, 3.63) is 29.6 Å². The molecule has 3 heteroatoms. The first kappa shape index (κ1) is 10.4. The van der Waals surface area contributed by atoms with Gasteiger partial charge in [-0.15, -0.1) is 0 Å². The summed E-state index contributed by atoms with van der Waals surface area (Å²) in [5.74, 6) is -0.153. The van der Waals surface area contributed by atoms with Crippen LogP contribution in [0.5, 0.6) is 0 Å². The zero-order chi connectivity index (χ0) is 10.8. The van der Waals surface area contributed by atoms with Gasteiger partial charge in [-0.2, -0.15) is 0 Å². The quantitative estimate of drug-likeness (QED) is 0.758. The lowest BCUT2D eigenvalue weighted by atomic mass is 10.1. The minimum atomic E-state index is -0.153. The molecule has 0 amide bonds. The minimum absolute atomic E-state index is 0.153. The van der Waals surface area contributed by atoms with E-state index < -0.39 is 0 Å². The Hall–Kier alpha value is -1.09. The van der Waals surface area contributed by atoms with Gasteiger partial charge < -0.3 is 10.2 Å². The van der Waals surface area contributed by atoms with Crippen LogP contribution >= 0.6 is 0 Å². The Kier molecular flexibility index (Phi) is 2.91. The van der Waals surface area contributed by atoms with Crippen molar-refractivity contribution in [1.29, 1.82) is 0 Å². The van der Waals surface area contributed by atoms with E-state index in [-0.39, 0.29) is 5.82 Å². The largest absolute Gasteiger partial charge is 0.368 e. The monoisotopic (exact) mass is 208 g/mol. The molecule has 2 rings (SSSR count). The standard InChI is InChI=1S/C12H17FN2/c1-9-7-11(13)3-4-12(9)15-6-5-14-10(2)8-15/h3-4,7,10,14H,5-6,8H2,1-2H3/t10-/m1/s1. The molecular weight excluding hydrogens is 191 g/mol. The van der Waals surface area contributed by atoms with Crippen molar-refractivity contribution in [1.82, 2.24) is 5.32 Å². The van der Waals surface area contributed by atoms with Gasteiger partial charge in [-0.1, -0.05) is 0 Å². The number of aryl methyl sites for hydroxylation is 1. The van der Waals surface area contributed by atoms with E-state index in [1.807, 2.05) is 13.0 Å². The molecule has 0 bridgehead atoms. The van der Waals surface area contributed by atoms with E-state index in [0.29, 0.717) is 6.04 Å². The van der Waals surface area contributed by atoms with Gasteiger partial charge in [0.1, 0.15) is 5.82 Å². The van der Waals surface area contributed by atoms with Crippen molar-refractivity contribution >= 4 is 5.69 Å². The molecule has 1 atom stereocenters. The topological polar surface area (TPSA) is 15.3 Å². The second-order valence-corrected chi connectivity index (χ2v) is 4.23. The molecule has 1 aliphatic rings. The normalized spacial score (nSPS) is 21.8. The summed E-state index contributed by atoms with van der Waals surface area (Å²) in [6.07, 6.45) is 0. The van der Waals surface area contributed by atoms with Crippen molar-refractivity contribution in [2.45, 2.75) is 19.9 Å². The van der Waals surface area contributed by atoms with E-state index in [1.54, 1.807) is 6.07 Å². The number of anilines is 1. The summed E-state index contributed by atoms with van der Waals surface area (Å²) in [5, 5.41) is 3.40. The predicted octanol–water partition coefficient (Wildman–Crippen LogP) is 1.93. The summed E-state index contributed by atoms with van der Waals surface area (Å²) >= 11 is 0. The van der Waals surface area contributed by atoms with E-state index >= 15 is 0 Å². The number of rotatable bonds is 1. The molecule has 1 heterocycles. The van der Waals surface area contributed by atoms with Crippen LogP contribution in [0, 0.1) is 12.7 Å². The van der Waals surface area contributed by atoms with E-state index in [1.165, 1.54) is 6.07 Å². The molecule has 0 unspecified atom stereocenters. The number of nitrogens with zero attached hydrogens (tertiary/aromatic N) is 1. The molecular formula is C12H17FN2. The van der Waals surface area contributed by atoms with E-state index in [4.69, 9.17) is 0 Å². The molecule has 0 aromatic heterocycles. The number of halogens is 1. The van der Waals surface area contributed by atoms with Gasteiger partial charge in [0, 0.05) is 31.4 Å². The molecule has 0 saturated carbocycles. The third-order valence-corrected chi connectivity index (χ3v) is 2.87. The van der Waals surface area contributed by atoms with Crippen LogP contribution in [0.2, 0.25) is 0 Å². The van der Waals surface area contributed by atoms with Gasteiger partial charge in [0.15, 0.2) is 0 Å². The van der Waals surface area contributed by atoms with Crippen molar-refractivity contribution in [2.75, 3.05) is 24.5 Å². The summed E-state index contributed by atoms with van der Waals surface area (Å²) in [6.45, 7) is 7.12. The fraction of sp³-hybridized carbons (Fsp3) is 0.500. The Bertz CT molecular complexity index is 351. The first-order valence-electron chi connectivity index (χ1n) is 5.41. The highest BCUT2D eigenvalue weighted by Crippen LogP contribution is 2.21. The van der Waals surface area contributed by atoms with E-state index in [9.17, 15) is 4.39 Å². The Balaban J connectivity index is 2.21. The minimum Gasteiger partial charge on any atom is -0.368 e. The van der Waals surface area contributed by atoms with Crippen LogP contribution in [-0.2, 0) is 0 Å². The average Bonchev–Trinajstić information content (AvgIpc) is 2.17. The highest BCUT2D eigenvalue weighted by molar-refractivity contribution is 5.53. The van der Waals surface area contributed by atoms with Crippen LogP contribution in [0.15, 0.2) is 18.2 Å². The molecule has 1 fully saturated rings. The van der Waals surface area contributed by atoms with Gasteiger partial charge in [-0.05, 0) is 37.6 Å². The van der Waals surface area contributed by atoms with Gasteiger partial charge in [-0.3, -0.25) is 0 Å². The maximum absolute atomic E-state index is 13.0. The van der Waals surface area contributed by atoms with Gasteiger partial charge in [0.25, 0.3) is 0 Å². The lowest BCUT2D eigenvalue weighted by Crippen LogP contribution is -2.49. The first-order valence-corrected chi connectivity index (χ1v) is 5.41. The fourth-order valence-electron chi connectivity index (χ4n) is 2.12. The Morgan fingerprint density at radius 3 is 2.93 bits per heavy atom. The summed E-state index contributed by atoms with van der Waals surface area (Å²) in [6, 6.07) is 5.52. The van der Waals surface area contributed by atoms with E-state index in [0.717, 1.165) is 30.9 Å². The number of nitrogens with one attached hydrogen (secondary N) is 1. The van der Waals surface area contributed by atoms with Crippen LogP contribution in [0.25, 0.3) is 0 Å². The molecule has 0 aliphatic carbocycles. The third kappa shape index (κ3) is 2.29. The maximum atomic E-state index is 13.0. The Labute approximate surface area is 90.1 Å². The number of hydrogen-bond acceptors (Lipinski definition) is 2. The zero-order valence-electron chi connectivity index (χ0n) is 9.26. The SMILES string of the molecule is Cc1cc(F)ccc1N1CCN[C@H](C)C1. The number of hydrogen-bond donors (Lipinski definition) is 1. The van der Waals surface area contributed by atoms with Gasteiger partial charge in [0.05, 0.1) is 0 Å². The molecule has 1 aliphatic heterocycles. The van der Waals surface area contributed by atoms with Crippen LogP contribution in [0.4, 0.5) is 10.1 Å². The maximum Gasteiger partial charge on any atom is 0.123 e. The Morgan fingerprint density at radius 1 is 1.47 bits per heavy atom. The lowest BCUT2D eigenvalue weighted by molar-refractivity contribution is 0.484. The van der Waals surface area contributed by atoms with Gasteiger partial charge in [0.2, 0.25) is 0 Å². The molecule has 82 valence electrons. The second-order valence-electron chi connectivity index (χ2n) is 4.23. The Morgan fingerprint density at radius 2 is 2.27 bits per heavy atom. The van der Waals surface area contributed by atoms with Gasteiger partial charge >= 0.3 is 0 Å². The van der Waals surface area contributed by atoms with Crippen LogP contribution in [0.1, 0.15) is 12.5 Å². The summed E-state index contributed by atoms with van der Waals surface area (Å²) in [5.41, 5.74) is 2.17. The molecule has 1 aromatic carbocycles. The summed E-state index contributed by atoms with van der Waals surface area (Å²) < 4.78 is 13.0. The fourth-order valence-corrected chi connectivity index (χ4v) is 2.12. The van der Waals surface area contributed by atoms with Crippen molar-refractivity contribution in [3.63, 3.8) is 0 Å². The average molecular weight is 208 g/mol. The molecule has 0 radical (unpaired) electrons. The molecule has 15 heavy (non-hydrogen) atoms. The number of piperazine rings is 1. The van der Waals surface area contributed by atoms with Crippen molar-refractivity contribution in [3.8, 4) is 0 Å². The smallest absolute Gasteiger partial charge is 0.123 e. The van der Waals surface area contributed by atoms with Crippen LogP contribution < -0.4 is 10.2 Å². The van der Waals surface area contributed by atoms with Crippen LogP contribution in [-0.4, -0.2) is 25.7 Å². The molecule has 2 nitrogen and oxygen atoms in total. The predicted molar refractivity (Wildman–Crippen MR) is 60.8 cm³/mol. The second kappa shape index (κ2) is 4.19. The van der Waals surface area contributed by atoms with Crippen LogP contribution in [0.3, 0.4) is 0 Å². The summed E-state index contributed by atoms with van der Waals surface area (Å²) in [7, 11) is 0. The van der Waals surface area contributed by atoms with Crippen molar-refractivity contribution in [2.24, 2.45) is 0 Å². The first-order chi connectivity index (χ1) is 7.16. The van der Waals surface area contributed by atoms with Gasteiger partial charge in [-0.25, -0.2) is 4.39 Å². The lowest BCUT2D eigenvalue weighted by Gasteiger charge is -2.34. The highest BCUT2D eigenvalue weighted by atomic mass is 19.1.